The van der Waals surface area contributed by atoms with E-state index in [9.17, 15) is 9.59 Å². The standard InChI is InChI=1S/C29H33NO6/c1-7-12-35-22-10-9-20(16-23(22)33-6)25-24-26(31)21-15-18(4)14-19(5)27(21)36-28(24)29(32)30(25)11-8-13-34-17(2)3/h7,9-10,14-17,25H,1,8,11-13H2,2-6H3. The van der Waals surface area contributed by atoms with Crippen molar-refractivity contribution in [3.63, 3.8) is 0 Å². The number of hydrogen-bond donors (Lipinski definition) is 0. The lowest BCUT2D eigenvalue weighted by atomic mass is 9.97. The summed E-state index contributed by atoms with van der Waals surface area (Å²) in [6.45, 7) is 12.7. The van der Waals surface area contributed by atoms with Crippen LogP contribution >= 0.6 is 0 Å². The summed E-state index contributed by atoms with van der Waals surface area (Å²) >= 11 is 0. The lowest BCUT2D eigenvalue weighted by molar-refractivity contribution is 0.0593. The Balaban J connectivity index is 1.85. The monoisotopic (exact) mass is 491 g/mol. The van der Waals surface area contributed by atoms with Gasteiger partial charge in [-0.2, -0.15) is 0 Å². The first-order valence-electron chi connectivity index (χ1n) is 12.2. The molecule has 0 bridgehead atoms. The van der Waals surface area contributed by atoms with Gasteiger partial charge < -0.3 is 23.5 Å². The number of rotatable bonds is 10. The third-order valence-electron chi connectivity index (χ3n) is 6.25. The van der Waals surface area contributed by atoms with E-state index in [1.54, 1.807) is 24.2 Å². The summed E-state index contributed by atoms with van der Waals surface area (Å²) < 4.78 is 23.1. The number of nitrogens with zero attached hydrogens (tertiary/aromatic N) is 1. The Labute approximate surface area is 211 Å². The van der Waals surface area contributed by atoms with Crippen LogP contribution in [0.3, 0.4) is 0 Å². The lowest BCUT2D eigenvalue weighted by Gasteiger charge is -2.26. The van der Waals surface area contributed by atoms with E-state index in [4.69, 9.17) is 18.6 Å². The molecule has 1 aliphatic heterocycles. The summed E-state index contributed by atoms with van der Waals surface area (Å²) in [4.78, 5) is 29.2. The largest absolute Gasteiger partial charge is 0.493 e. The summed E-state index contributed by atoms with van der Waals surface area (Å²) in [6, 6.07) is 8.61. The van der Waals surface area contributed by atoms with E-state index < -0.39 is 6.04 Å². The summed E-state index contributed by atoms with van der Waals surface area (Å²) in [5, 5.41) is 0.479. The van der Waals surface area contributed by atoms with Gasteiger partial charge in [-0.05, 0) is 69.0 Å². The maximum atomic E-state index is 13.9. The Bertz CT molecular complexity index is 1360. The molecule has 3 aromatic rings. The maximum absolute atomic E-state index is 13.9. The van der Waals surface area contributed by atoms with Crippen LogP contribution in [0.4, 0.5) is 0 Å². The molecular weight excluding hydrogens is 458 g/mol. The van der Waals surface area contributed by atoms with Crippen molar-refractivity contribution in [3.05, 3.63) is 81.2 Å². The average molecular weight is 492 g/mol. The van der Waals surface area contributed by atoms with E-state index in [-0.39, 0.29) is 23.2 Å². The molecule has 1 unspecified atom stereocenters. The molecule has 7 heteroatoms. The van der Waals surface area contributed by atoms with Gasteiger partial charge in [-0.3, -0.25) is 9.59 Å². The van der Waals surface area contributed by atoms with Gasteiger partial charge in [-0.1, -0.05) is 24.8 Å². The van der Waals surface area contributed by atoms with Crippen LogP contribution in [0.2, 0.25) is 0 Å². The number of ether oxygens (including phenoxy) is 3. The van der Waals surface area contributed by atoms with Gasteiger partial charge in [-0.25, -0.2) is 0 Å². The van der Waals surface area contributed by atoms with Crippen LogP contribution in [-0.4, -0.2) is 43.8 Å². The van der Waals surface area contributed by atoms with Crippen molar-refractivity contribution in [2.45, 2.75) is 46.3 Å². The SMILES string of the molecule is C=CCOc1ccc(C2c3c(oc4c(C)cc(C)cc4c3=O)C(=O)N2CCCOC(C)C)cc1OC. The quantitative estimate of drug-likeness (QED) is 0.281. The van der Waals surface area contributed by atoms with E-state index >= 15 is 0 Å². The number of fused-ring (bicyclic) bond motifs is 2. The van der Waals surface area contributed by atoms with Crippen molar-refractivity contribution in [2.75, 3.05) is 26.9 Å². The minimum atomic E-state index is -0.615. The Morgan fingerprint density at radius 1 is 1.14 bits per heavy atom. The Kier molecular flexibility index (Phi) is 7.50. The zero-order chi connectivity index (χ0) is 26.0. The molecule has 190 valence electrons. The number of carbonyl (C=O) groups excluding carboxylic acids is 1. The van der Waals surface area contributed by atoms with Crippen LogP contribution in [0.5, 0.6) is 11.5 Å². The predicted molar refractivity (Wildman–Crippen MR) is 139 cm³/mol. The first-order chi connectivity index (χ1) is 17.3. The van der Waals surface area contributed by atoms with Gasteiger partial charge in [0.05, 0.1) is 30.2 Å². The van der Waals surface area contributed by atoms with Crippen LogP contribution < -0.4 is 14.9 Å². The normalized spacial score (nSPS) is 15.0. The van der Waals surface area contributed by atoms with Crippen molar-refractivity contribution < 1.29 is 23.4 Å². The minimum absolute atomic E-state index is 0.0967. The fraction of sp³-hybridized carbons (Fsp3) is 0.379. The van der Waals surface area contributed by atoms with E-state index in [1.165, 1.54) is 0 Å². The molecule has 7 nitrogen and oxygen atoms in total. The van der Waals surface area contributed by atoms with E-state index in [1.807, 2.05) is 52.0 Å². The molecule has 36 heavy (non-hydrogen) atoms. The topological polar surface area (TPSA) is 78.2 Å². The van der Waals surface area contributed by atoms with E-state index in [2.05, 4.69) is 6.58 Å². The zero-order valence-electron chi connectivity index (χ0n) is 21.6. The molecule has 1 atom stereocenters. The Hall–Kier alpha value is -3.58. The van der Waals surface area contributed by atoms with Crippen LogP contribution in [-0.2, 0) is 4.74 Å². The smallest absolute Gasteiger partial charge is 0.290 e. The second-order valence-electron chi connectivity index (χ2n) is 9.32. The zero-order valence-corrected chi connectivity index (χ0v) is 21.6. The highest BCUT2D eigenvalue weighted by atomic mass is 16.5. The second-order valence-corrected chi connectivity index (χ2v) is 9.32. The van der Waals surface area contributed by atoms with Gasteiger partial charge in [0.1, 0.15) is 12.2 Å². The summed E-state index contributed by atoms with van der Waals surface area (Å²) in [5.41, 5.74) is 3.13. The predicted octanol–water partition coefficient (Wildman–Crippen LogP) is 5.34. The third-order valence-corrected chi connectivity index (χ3v) is 6.25. The summed E-state index contributed by atoms with van der Waals surface area (Å²) in [5.74, 6) is 0.860. The molecule has 0 N–H and O–H groups in total. The second kappa shape index (κ2) is 10.6. The molecule has 2 aromatic carbocycles. The lowest BCUT2D eigenvalue weighted by Crippen LogP contribution is -2.31. The number of hydrogen-bond acceptors (Lipinski definition) is 6. The van der Waals surface area contributed by atoms with Crippen molar-refractivity contribution in [2.24, 2.45) is 0 Å². The fourth-order valence-corrected chi connectivity index (χ4v) is 4.73. The summed E-state index contributed by atoms with van der Waals surface area (Å²) in [7, 11) is 1.56. The molecule has 1 aromatic heterocycles. The minimum Gasteiger partial charge on any atom is -0.493 e. The van der Waals surface area contributed by atoms with Crippen LogP contribution in [0.15, 0.2) is 52.2 Å². The first-order valence-corrected chi connectivity index (χ1v) is 12.2. The third kappa shape index (κ3) is 4.75. The number of aryl methyl sites for hydroxylation is 2. The number of benzene rings is 2. The van der Waals surface area contributed by atoms with Crippen molar-refractivity contribution in [3.8, 4) is 11.5 Å². The van der Waals surface area contributed by atoms with Gasteiger partial charge in [0.15, 0.2) is 16.9 Å². The van der Waals surface area contributed by atoms with E-state index in [0.29, 0.717) is 54.2 Å². The number of methoxy groups -OCH3 is 1. The van der Waals surface area contributed by atoms with Gasteiger partial charge in [-0.15, -0.1) is 0 Å². The van der Waals surface area contributed by atoms with Crippen molar-refractivity contribution >= 4 is 16.9 Å². The van der Waals surface area contributed by atoms with E-state index in [0.717, 1.165) is 16.7 Å². The van der Waals surface area contributed by atoms with Crippen LogP contribution in [0, 0.1) is 13.8 Å². The highest BCUT2D eigenvalue weighted by Gasteiger charge is 2.42. The molecule has 0 fully saturated rings. The van der Waals surface area contributed by atoms with Gasteiger partial charge in [0.2, 0.25) is 5.76 Å². The van der Waals surface area contributed by atoms with Crippen molar-refractivity contribution in [1.82, 2.24) is 4.90 Å². The molecular formula is C29H33NO6. The maximum Gasteiger partial charge on any atom is 0.290 e. The fourth-order valence-electron chi connectivity index (χ4n) is 4.73. The molecule has 1 aliphatic rings. The van der Waals surface area contributed by atoms with Crippen LogP contribution in [0.1, 0.15) is 59.1 Å². The Morgan fingerprint density at radius 3 is 2.61 bits per heavy atom. The van der Waals surface area contributed by atoms with Gasteiger partial charge in [0.25, 0.3) is 5.91 Å². The molecule has 0 saturated carbocycles. The molecule has 0 aliphatic carbocycles. The molecule has 4 rings (SSSR count). The highest BCUT2D eigenvalue weighted by molar-refractivity contribution is 5.99. The molecule has 0 spiro atoms. The average Bonchev–Trinajstić information content (AvgIpc) is 3.12. The van der Waals surface area contributed by atoms with Gasteiger partial charge in [0, 0.05) is 13.2 Å². The van der Waals surface area contributed by atoms with Crippen LogP contribution in [0.25, 0.3) is 11.0 Å². The van der Waals surface area contributed by atoms with Gasteiger partial charge >= 0.3 is 0 Å². The molecule has 2 heterocycles. The first kappa shape index (κ1) is 25.5. The Morgan fingerprint density at radius 2 is 1.92 bits per heavy atom. The number of amides is 1. The number of carbonyl (C=O) groups is 1. The van der Waals surface area contributed by atoms with Crippen molar-refractivity contribution in [1.29, 1.82) is 0 Å². The summed E-state index contributed by atoms with van der Waals surface area (Å²) in [6.07, 6.45) is 2.37. The molecule has 0 saturated heterocycles. The molecule has 1 amide bonds. The highest BCUT2D eigenvalue weighted by Crippen LogP contribution is 2.41. The molecule has 0 radical (unpaired) electrons.